The number of nitriles is 1. The minimum absolute atomic E-state index is 0.0287. The number of aryl methyl sites for hydroxylation is 2. The molecule has 1 aromatic carbocycles. The number of fused-ring (bicyclic) bond motifs is 1. The Morgan fingerprint density at radius 2 is 2.26 bits per heavy atom. The lowest BCUT2D eigenvalue weighted by Crippen LogP contribution is -2.35. The third kappa shape index (κ3) is 3.52. The molecule has 7 nitrogen and oxygen atoms in total. The van der Waals surface area contributed by atoms with Crippen molar-refractivity contribution in [2.24, 2.45) is 7.05 Å². The van der Waals surface area contributed by atoms with Crippen LogP contribution in [-0.4, -0.2) is 31.4 Å². The molecule has 2 heterocycles. The Bertz CT molecular complexity index is 1080. The smallest absolute Gasteiger partial charge is 0.246 e. The molecule has 0 spiro atoms. The number of benzene rings is 1. The summed E-state index contributed by atoms with van der Waals surface area (Å²) < 4.78 is 34.7. The van der Waals surface area contributed by atoms with E-state index in [-0.39, 0.29) is 35.1 Å². The maximum Gasteiger partial charge on any atom is 0.246 e. The minimum Gasteiger partial charge on any atom is -0.488 e. The molecule has 0 saturated heterocycles. The van der Waals surface area contributed by atoms with Gasteiger partial charge in [0.15, 0.2) is 11.5 Å². The second-order valence-electron chi connectivity index (χ2n) is 6.42. The van der Waals surface area contributed by atoms with Crippen LogP contribution in [0.25, 0.3) is 0 Å². The molecule has 27 heavy (non-hydrogen) atoms. The Morgan fingerprint density at radius 3 is 2.93 bits per heavy atom. The number of ketones is 1. The highest BCUT2D eigenvalue weighted by Crippen LogP contribution is 2.33. The SMILES string of the molecule is C=CC1COc2c(cn(C)c2C(=O)Cc2ccc(C)c(C#N)c2)S(=O)(=O)N1. The van der Waals surface area contributed by atoms with Crippen molar-refractivity contribution in [3.63, 3.8) is 0 Å². The summed E-state index contributed by atoms with van der Waals surface area (Å²) in [5.41, 5.74) is 2.19. The molecule has 0 radical (unpaired) electrons. The normalized spacial score (nSPS) is 17.9. The number of hydrogen-bond acceptors (Lipinski definition) is 5. The van der Waals surface area contributed by atoms with Crippen LogP contribution in [0, 0.1) is 18.3 Å². The summed E-state index contributed by atoms with van der Waals surface area (Å²) in [6.07, 6.45) is 2.84. The molecule has 3 rings (SSSR count). The molecule has 1 aromatic heterocycles. The van der Waals surface area contributed by atoms with E-state index in [9.17, 15) is 13.2 Å². The van der Waals surface area contributed by atoms with Crippen molar-refractivity contribution in [3.8, 4) is 11.8 Å². The summed E-state index contributed by atoms with van der Waals surface area (Å²) in [7, 11) is -2.23. The van der Waals surface area contributed by atoms with Crippen LogP contribution in [0.3, 0.4) is 0 Å². The Morgan fingerprint density at radius 1 is 1.52 bits per heavy atom. The van der Waals surface area contributed by atoms with E-state index in [1.807, 2.05) is 6.92 Å². The van der Waals surface area contributed by atoms with Crippen LogP contribution < -0.4 is 9.46 Å². The standard InChI is InChI=1S/C19H19N3O4S/c1-4-15-11-26-19-17(27(24,25)21-15)10-22(3)18(19)16(23)8-13-6-5-12(2)14(7-13)9-20/h4-7,10,15,21H,1,8,11H2,2-3H3. The number of carbonyl (C=O) groups excluding carboxylic acids is 1. The number of rotatable bonds is 4. The van der Waals surface area contributed by atoms with E-state index in [1.54, 1.807) is 25.2 Å². The van der Waals surface area contributed by atoms with Crippen LogP contribution in [0.1, 0.15) is 27.2 Å². The van der Waals surface area contributed by atoms with Crippen molar-refractivity contribution in [1.29, 1.82) is 5.26 Å². The number of ether oxygens (including phenoxy) is 1. The van der Waals surface area contributed by atoms with Gasteiger partial charge in [-0.3, -0.25) is 4.79 Å². The first-order chi connectivity index (χ1) is 12.8. The number of nitrogens with one attached hydrogen (secondary N) is 1. The van der Waals surface area contributed by atoms with Crippen molar-refractivity contribution in [1.82, 2.24) is 9.29 Å². The average Bonchev–Trinajstić information content (AvgIpc) is 2.91. The second-order valence-corrected chi connectivity index (χ2v) is 8.10. The highest BCUT2D eigenvalue weighted by molar-refractivity contribution is 7.89. The Labute approximate surface area is 157 Å². The summed E-state index contributed by atoms with van der Waals surface area (Å²) in [6.45, 7) is 5.45. The fraction of sp³-hybridized carbons (Fsp3) is 0.263. The first-order valence-corrected chi connectivity index (χ1v) is 9.75. The third-order valence-corrected chi connectivity index (χ3v) is 5.92. The van der Waals surface area contributed by atoms with Gasteiger partial charge in [-0.1, -0.05) is 18.2 Å². The molecule has 0 aliphatic carbocycles. The fourth-order valence-corrected chi connectivity index (χ4v) is 4.37. The molecule has 1 N–H and O–H groups in total. The highest BCUT2D eigenvalue weighted by atomic mass is 32.2. The Balaban J connectivity index is 1.99. The minimum atomic E-state index is -3.83. The predicted octanol–water partition coefficient (Wildman–Crippen LogP) is 1.86. The van der Waals surface area contributed by atoms with Gasteiger partial charge in [0, 0.05) is 19.7 Å². The first kappa shape index (κ1) is 18.9. The van der Waals surface area contributed by atoms with Crippen molar-refractivity contribution in [2.75, 3.05) is 6.61 Å². The van der Waals surface area contributed by atoms with Gasteiger partial charge in [-0.25, -0.2) is 13.1 Å². The molecule has 1 aliphatic rings. The third-order valence-electron chi connectivity index (χ3n) is 4.44. The van der Waals surface area contributed by atoms with Gasteiger partial charge in [-0.15, -0.1) is 6.58 Å². The number of aromatic nitrogens is 1. The molecular formula is C19H19N3O4S. The molecule has 0 amide bonds. The van der Waals surface area contributed by atoms with E-state index in [4.69, 9.17) is 10.00 Å². The van der Waals surface area contributed by atoms with Gasteiger partial charge < -0.3 is 9.30 Å². The Kier molecular flexibility index (Phi) is 4.91. The predicted molar refractivity (Wildman–Crippen MR) is 99.1 cm³/mol. The summed E-state index contributed by atoms with van der Waals surface area (Å²) in [6, 6.07) is 6.75. The van der Waals surface area contributed by atoms with Gasteiger partial charge in [0.2, 0.25) is 10.0 Å². The van der Waals surface area contributed by atoms with E-state index in [0.717, 1.165) is 5.56 Å². The van der Waals surface area contributed by atoms with Crippen LogP contribution in [0.5, 0.6) is 5.75 Å². The average molecular weight is 385 g/mol. The van der Waals surface area contributed by atoms with E-state index in [1.165, 1.54) is 16.8 Å². The van der Waals surface area contributed by atoms with Gasteiger partial charge in [0.25, 0.3) is 0 Å². The van der Waals surface area contributed by atoms with Crippen LogP contribution in [-0.2, 0) is 23.5 Å². The monoisotopic (exact) mass is 385 g/mol. The van der Waals surface area contributed by atoms with Crippen LogP contribution in [0.4, 0.5) is 0 Å². The Hall–Kier alpha value is -2.89. The molecule has 1 unspecified atom stereocenters. The van der Waals surface area contributed by atoms with Crippen LogP contribution in [0.2, 0.25) is 0 Å². The number of carbonyl (C=O) groups is 1. The van der Waals surface area contributed by atoms with E-state index < -0.39 is 16.1 Å². The van der Waals surface area contributed by atoms with E-state index in [2.05, 4.69) is 17.4 Å². The second kappa shape index (κ2) is 7.02. The number of hydrogen-bond donors (Lipinski definition) is 1. The number of sulfonamides is 1. The van der Waals surface area contributed by atoms with Crippen LogP contribution in [0.15, 0.2) is 41.9 Å². The lowest BCUT2D eigenvalue weighted by molar-refractivity contribution is 0.0980. The molecule has 0 bridgehead atoms. The quantitative estimate of drug-likeness (QED) is 0.639. The summed E-state index contributed by atoms with van der Waals surface area (Å²) in [5.74, 6) is -0.245. The van der Waals surface area contributed by atoms with Crippen molar-refractivity contribution in [3.05, 3.63) is 59.4 Å². The molecular weight excluding hydrogens is 366 g/mol. The molecule has 140 valence electrons. The van der Waals surface area contributed by atoms with E-state index >= 15 is 0 Å². The molecule has 1 atom stereocenters. The zero-order valence-corrected chi connectivity index (χ0v) is 15.8. The van der Waals surface area contributed by atoms with Crippen molar-refractivity contribution >= 4 is 15.8 Å². The molecule has 0 saturated carbocycles. The van der Waals surface area contributed by atoms with Gasteiger partial charge in [0.1, 0.15) is 17.2 Å². The first-order valence-electron chi connectivity index (χ1n) is 8.26. The lowest BCUT2D eigenvalue weighted by Gasteiger charge is -2.11. The van der Waals surface area contributed by atoms with E-state index in [0.29, 0.717) is 11.1 Å². The van der Waals surface area contributed by atoms with Crippen molar-refractivity contribution < 1.29 is 17.9 Å². The number of Topliss-reactive ketones (excluding diaryl/α,β-unsaturated/α-hetero) is 1. The zero-order chi connectivity index (χ0) is 19.8. The molecule has 1 aliphatic heterocycles. The molecule has 2 aromatic rings. The summed E-state index contributed by atoms with van der Waals surface area (Å²) in [4.78, 5) is 12.8. The summed E-state index contributed by atoms with van der Waals surface area (Å²) >= 11 is 0. The maximum absolute atomic E-state index is 12.9. The largest absolute Gasteiger partial charge is 0.488 e. The summed E-state index contributed by atoms with van der Waals surface area (Å²) in [5, 5.41) is 9.16. The molecule has 0 fully saturated rings. The van der Waals surface area contributed by atoms with Gasteiger partial charge in [-0.2, -0.15) is 5.26 Å². The van der Waals surface area contributed by atoms with Crippen LogP contribution >= 0.6 is 0 Å². The van der Waals surface area contributed by atoms with Crippen molar-refractivity contribution in [2.45, 2.75) is 24.3 Å². The molecule has 8 heteroatoms. The lowest BCUT2D eigenvalue weighted by atomic mass is 10.0. The number of nitrogens with zero attached hydrogens (tertiary/aromatic N) is 2. The fourth-order valence-electron chi connectivity index (χ4n) is 2.98. The van der Waals surface area contributed by atoms with Gasteiger partial charge in [0.05, 0.1) is 17.7 Å². The highest BCUT2D eigenvalue weighted by Gasteiger charge is 2.33. The zero-order valence-electron chi connectivity index (χ0n) is 15.0. The van der Waals surface area contributed by atoms with Gasteiger partial charge in [-0.05, 0) is 24.1 Å². The maximum atomic E-state index is 12.9. The van der Waals surface area contributed by atoms with Gasteiger partial charge >= 0.3 is 0 Å². The topological polar surface area (TPSA) is 101 Å².